The highest BCUT2D eigenvalue weighted by molar-refractivity contribution is 6.10. The molecule has 0 bridgehead atoms. The van der Waals surface area contributed by atoms with Gasteiger partial charge in [0.15, 0.2) is 0 Å². The summed E-state index contributed by atoms with van der Waals surface area (Å²) >= 11 is 0. The average molecular weight is 378 g/mol. The first-order chi connectivity index (χ1) is 13.6. The predicted octanol–water partition coefficient (Wildman–Crippen LogP) is 4.89. The number of carbonyl (C=O) groups is 2. The fourth-order valence-corrected chi connectivity index (χ4v) is 5.66. The van der Waals surface area contributed by atoms with Crippen LogP contribution in [0.1, 0.15) is 69.8 Å². The molecular weight excluding hydrogens is 352 g/mol. The molecule has 28 heavy (non-hydrogen) atoms. The summed E-state index contributed by atoms with van der Waals surface area (Å²) in [6.07, 6.45) is 11.3. The Balaban J connectivity index is 1.71. The van der Waals surface area contributed by atoms with Crippen LogP contribution in [0, 0.1) is 0 Å². The SMILES string of the molecule is O=C1C=C(C2=C(c3ccccc3)C3(CCCCC3)OC2=O)C2(CCCCC2)O1. The molecule has 0 atom stereocenters. The highest BCUT2D eigenvalue weighted by Gasteiger charge is 2.54. The summed E-state index contributed by atoms with van der Waals surface area (Å²) in [4.78, 5) is 25.6. The molecule has 2 aliphatic carbocycles. The minimum absolute atomic E-state index is 0.282. The number of hydrogen-bond acceptors (Lipinski definition) is 4. The molecule has 1 aromatic carbocycles. The van der Waals surface area contributed by atoms with E-state index < -0.39 is 11.2 Å². The molecule has 146 valence electrons. The molecule has 0 aromatic heterocycles. The Morgan fingerprint density at radius 3 is 1.96 bits per heavy atom. The molecule has 2 spiro atoms. The molecule has 0 amide bonds. The third kappa shape index (κ3) is 2.65. The second-order valence-electron chi connectivity index (χ2n) is 8.59. The molecule has 2 fully saturated rings. The Morgan fingerprint density at radius 1 is 0.714 bits per heavy atom. The molecule has 0 N–H and O–H groups in total. The molecule has 4 nitrogen and oxygen atoms in total. The van der Waals surface area contributed by atoms with Gasteiger partial charge in [-0.3, -0.25) is 0 Å². The van der Waals surface area contributed by atoms with Crippen LogP contribution in [0.5, 0.6) is 0 Å². The van der Waals surface area contributed by atoms with Gasteiger partial charge in [-0.15, -0.1) is 0 Å². The molecule has 2 aliphatic heterocycles. The maximum absolute atomic E-state index is 13.3. The van der Waals surface area contributed by atoms with E-state index >= 15 is 0 Å². The molecule has 2 heterocycles. The number of hydrogen-bond donors (Lipinski definition) is 0. The molecule has 0 unspecified atom stereocenters. The maximum Gasteiger partial charge on any atom is 0.339 e. The van der Waals surface area contributed by atoms with Crippen molar-refractivity contribution >= 4 is 17.5 Å². The normalized spacial score (nSPS) is 25.8. The molecule has 5 rings (SSSR count). The third-order valence-electron chi connectivity index (χ3n) is 6.90. The highest BCUT2D eigenvalue weighted by atomic mass is 16.6. The fraction of sp³-hybridized carbons (Fsp3) is 0.500. The van der Waals surface area contributed by atoms with E-state index in [0.717, 1.165) is 74.5 Å². The van der Waals surface area contributed by atoms with E-state index in [0.29, 0.717) is 5.57 Å². The molecule has 4 aliphatic rings. The van der Waals surface area contributed by atoms with Gasteiger partial charge in [0.25, 0.3) is 0 Å². The number of carbonyl (C=O) groups excluding carboxylic acids is 2. The standard InChI is InChI=1S/C24H26O4/c25-19-16-18(23(27-19)12-6-2-7-13-23)20-21(17-10-4-1-5-11-17)24(28-22(20)26)14-8-3-9-15-24/h1,4-5,10-11,16H,2-3,6-9,12-15H2. The van der Waals surface area contributed by atoms with Crippen LogP contribution >= 0.6 is 0 Å². The summed E-state index contributed by atoms with van der Waals surface area (Å²) in [5.41, 5.74) is 2.16. The number of ether oxygens (including phenoxy) is 2. The lowest BCUT2D eigenvalue weighted by molar-refractivity contribution is -0.151. The molecule has 0 radical (unpaired) electrons. The van der Waals surface area contributed by atoms with E-state index in [-0.39, 0.29) is 11.9 Å². The smallest absolute Gasteiger partial charge is 0.339 e. The van der Waals surface area contributed by atoms with Gasteiger partial charge in [-0.1, -0.05) is 43.2 Å². The quantitative estimate of drug-likeness (QED) is 0.688. The van der Waals surface area contributed by atoms with Crippen LogP contribution in [0.15, 0.2) is 47.6 Å². The van der Waals surface area contributed by atoms with Gasteiger partial charge in [-0.05, 0) is 56.9 Å². The van der Waals surface area contributed by atoms with Gasteiger partial charge in [0.05, 0.1) is 5.57 Å². The lowest BCUT2D eigenvalue weighted by atomic mass is 9.72. The summed E-state index contributed by atoms with van der Waals surface area (Å²) in [6, 6.07) is 10.1. The molecule has 2 saturated carbocycles. The van der Waals surface area contributed by atoms with Crippen LogP contribution in [0.2, 0.25) is 0 Å². The first-order valence-electron chi connectivity index (χ1n) is 10.6. The van der Waals surface area contributed by atoms with Gasteiger partial charge in [0, 0.05) is 17.2 Å². The van der Waals surface area contributed by atoms with Crippen LogP contribution in [-0.2, 0) is 19.1 Å². The summed E-state index contributed by atoms with van der Waals surface area (Å²) in [7, 11) is 0. The average Bonchev–Trinajstić information content (AvgIpc) is 3.16. The van der Waals surface area contributed by atoms with E-state index in [1.807, 2.05) is 18.2 Å². The van der Waals surface area contributed by atoms with Gasteiger partial charge in [-0.2, -0.15) is 0 Å². The predicted molar refractivity (Wildman–Crippen MR) is 105 cm³/mol. The van der Waals surface area contributed by atoms with Crippen LogP contribution < -0.4 is 0 Å². The zero-order chi connectivity index (χ0) is 19.2. The van der Waals surface area contributed by atoms with Crippen LogP contribution in [-0.4, -0.2) is 23.1 Å². The topological polar surface area (TPSA) is 52.6 Å². The minimum atomic E-state index is -0.649. The lowest BCUT2D eigenvalue weighted by Crippen LogP contribution is -2.36. The summed E-state index contributed by atoms with van der Waals surface area (Å²) in [5, 5.41) is 0. The van der Waals surface area contributed by atoms with E-state index in [1.54, 1.807) is 6.08 Å². The number of rotatable bonds is 2. The van der Waals surface area contributed by atoms with E-state index in [9.17, 15) is 9.59 Å². The minimum Gasteiger partial charge on any atom is -0.451 e. The van der Waals surface area contributed by atoms with Crippen LogP contribution in [0.3, 0.4) is 0 Å². The summed E-state index contributed by atoms with van der Waals surface area (Å²) in [5.74, 6) is -0.607. The van der Waals surface area contributed by atoms with Gasteiger partial charge in [-0.25, -0.2) is 9.59 Å². The van der Waals surface area contributed by atoms with E-state index in [4.69, 9.17) is 9.47 Å². The number of esters is 2. The zero-order valence-electron chi connectivity index (χ0n) is 16.2. The van der Waals surface area contributed by atoms with Crippen molar-refractivity contribution in [2.45, 2.75) is 75.4 Å². The van der Waals surface area contributed by atoms with Crippen LogP contribution in [0.25, 0.3) is 5.57 Å². The summed E-state index contributed by atoms with van der Waals surface area (Å²) < 4.78 is 12.0. The molecular formula is C24H26O4. The largest absolute Gasteiger partial charge is 0.451 e. The zero-order valence-corrected chi connectivity index (χ0v) is 16.2. The van der Waals surface area contributed by atoms with E-state index in [2.05, 4.69) is 12.1 Å². The Morgan fingerprint density at radius 2 is 1.32 bits per heavy atom. The van der Waals surface area contributed by atoms with Crippen molar-refractivity contribution in [2.24, 2.45) is 0 Å². The van der Waals surface area contributed by atoms with Crippen molar-refractivity contribution in [3.8, 4) is 0 Å². The molecule has 4 heteroatoms. The van der Waals surface area contributed by atoms with Crippen molar-refractivity contribution in [2.75, 3.05) is 0 Å². The van der Waals surface area contributed by atoms with Crippen molar-refractivity contribution in [3.63, 3.8) is 0 Å². The first-order valence-corrected chi connectivity index (χ1v) is 10.6. The Hall–Kier alpha value is -2.36. The first kappa shape index (κ1) is 17.7. The van der Waals surface area contributed by atoms with Crippen molar-refractivity contribution < 1.29 is 19.1 Å². The summed E-state index contributed by atoms with van der Waals surface area (Å²) in [6.45, 7) is 0. The van der Waals surface area contributed by atoms with Crippen molar-refractivity contribution in [3.05, 3.63) is 53.1 Å². The number of benzene rings is 1. The lowest BCUT2D eigenvalue weighted by Gasteiger charge is -2.36. The van der Waals surface area contributed by atoms with Gasteiger partial charge in [0.1, 0.15) is 11.2 Å². The second kappa shape index (κ2) is 6.61. The van der Waals surface area contributed by atoms with Gasteiger partial charge < -0.3 is 9.47 Å². The highest BCUT2D eigenvalue weighted by Crippen LogP contribution is 2.54. The molecule has 0 saturated heterocycles. The maximum atomic E-state index is 13.3. The fourth-order valence-electron chi connectivity index (χ4n) is 5.66. The van der Waals surface area contributed by atoms with E-state index in [1.165, 1.54) is 6.42 Å². The van der Waals surface area contributed by atoms with Crippen LogP contribution in [0.4, 0.5) is 0 Å². The second-order valence-corrected chi connectivity index (χ2v) is 8.59. The monoisotopic (exact) mass is 378 g/mol. The van der Waals surface area contributed by atoms with Crippen molar-refractivity contribution in [1.82, 2.24) is 0 Å². The molecule has 1 aromatic rings. The Kier molecular flexibility index (Phi) is 4.18. The van der Waals surface area contributed by atoms with Crippen molar-refractivity contribution in [1.29, 1.82) is 0 Å². The van der Waals surface area contributed by atoms with Gasteiger partial charge >= 0.3 is 11.9 Å². The Bertz CT molecular complexity index is 865. The Labute approximate surface area is 165 Å². The van der Waals surface area contributed by atoms with Gasteiger partial charge in [0.2, 0.25) is 0 Å². The third-order valence-corrected chi connectivity index (χ3v) is 6.90.